The molecule has 2 nitrogen and oxygen atoms in total. The number of hydrogen-bond acceptors (Lipinski definition) is 2. The molecule has 0 aromatic rings. The van der Waals surface area contributed by atoms with Crippen LogP contribution in [0.1, 0.15) is 72.6 Å². The van der Waals surface area contributed by atoms with Gasteiger partial charge in [0, 0.05) is 19.1 Å². The molecule has 1 aliphatic heterocycles. The molecule has 0 spiro atoms. The molecule has 0 aromatic carbocycles. The van der Waals surface area contributed by atoms with Crippen LogP contribution in [0.5, 0.6) is 0 Å². The molecule has 1 aliphatic carbocycles. The summed E-state index contributed by atoms with van der Waals surface area (Å²) in [7, 11) is 0. The molecule has 0 amide bonds. The lowest BCUT2D eigenvalue weighted by Crippen LogP contribution is -2.44. The highest BCUT2D eigenvalue weighted by Gasteiger charge is 2.35. The summed E-state index contributed by atoms with van der Waals surface area (Å²) in [6.45, 7) is 14.6. The highest BCUT2D eigenvalue weighted by Crippen LogP contribution is 2.39. The molecule has 2 fully saturated rings. The third-order valence-electron chi connectivity index (χ3n) is 5.92. The molecule has 1 saturated carbocycles. The molecule has 1 N–H and O–H groups in total. The lowest BCUT2D eigenvalue weighted by atomic mass is 9.85. The molecule has 1 heterocycles. The minimum absolute atomic E-state index is 0.571. The van der Waals surface area contributed by atoms with Gasteiger partial charge < -0.3 is 10.2 Å². The van der Waals surface area contributed by atoms with Gasteiger partial charge in [-0.3, -0.25) is 0 Å². The molecule has 0 bridgehead atoms. The standard InChI is InChI=1S/C19H38N2/c1-16(2)18-8-7-12-21(13-9-18)15-19(10-5-6-11-19)14-20-17(3)4/h16-18,20H,5-15H2,1-4H3. The van der Waals surface area contributed by atoms with E-state index in [4.69, 9.17) is 0 Å². The van der Waals surface area contributed by atoms with Gasteiger partial charge in [0.1, 0.15) is 0 Å². The van der Waals surface area contributed by atoms with Crippen molar-refractivity contribution in [1.82, 2.24) is 10.2 Å². The maximum absolute atomic E-state index is 3.73. The largest absolute Gasteiger partial charge is 0.314 e. The van der Waals surface area contributed by atoms with Crippen LogP contribution in [0.15, 0.2) is 0 Å². The van der Waals surface area contributed by atoms with Gasteiger partial charge in [0.15, 0.2) is 0 Å². The Morgan fingerprint density at radius 3 is 2.33 bits per heavy atom. The summed E-state index contributed by atoms with van der Waals surface area (Å²) in [5.74, 6) is 1.83. The average molecular weight is 295 g/mol. The predicted molar refractivity (Wildman–Crippen MR) is 92.7 cm³/mol. The molecule has 1 atom stereocenters. The lowest BCUT2D eigenvalue weighted by molar-refractivity contribution is 0.147. The highest BCUT2D eigenvalue weighted by atomic mass is 15.1. The van der Waals surface area contributed by atoms with Gasteiger partial charge in [-0.1, -0.05) is 40.5 Å². The number of nitrogens with one attached hydrogen (secondary N) is 1. The van der Waals surface area contributed by atoms with Crippen molar-refractivity contribution < 1.29 is 0 Å². The Kier molecular flexibility index (Phi) is 6.55. The van der Waals surface area contributed by atoms with Crippen LogP contribution < -0.4 is 5.32 Å². The van der Waals surface area contributed by atoms with Crippen LogP contribution in [-0.4, -0.2) is 37.1 Å². The van der Waals surface area contributed by atoms with E-state index in [1.54, 1.807) is 0 Å². The van der Waals surface area contributed by atoms with Gasteiger partial charge in [-0.05, 0) is 62.4 Å². The first-order valence-corrected chi connectivity index (χ1v) is 9.46. The zero-order valence-electron chi connectivity index (χ0n) is 15.0. The number of hydrogen-bond donors (Lipinski definition) is 1. The molecule has 2 heteroatoms. The van der Waals surface area contributed by atoms with Crippen molar-refractivity contribution in [2.45, 2.75) is 78.7 Å². The van der Waals surface area contributed by atoms with E-state index in [0.29, 0.717) is 11.5 Å². The lowest BCUT2D eigenvalue weighted by Gasteiger charge is -2.36. The molecule has 0 aromatic heterocycles. The van der Waals surface area contributed by atoms with E-state index in [2.05, 4.69) is 37.9 Å². The SMILES string of the molecule is CC(C)NCC1(CN2CCCC(C(C)C)CC2)CCCC1. The van der Waals surface area contributed by atoms with Crippen LogP contribution >= 0.6 is 0 Å². The van der Waals surface area contributed by atoms with Crippen molar-refractivity contribution in [1.29, 1.82) is 0 Å². The molecule has 21 heavy (non-hydrogen) atoms. The predicted octanol–water partition coefficient (Wildman–Crippen LogP) is 4.30. The molecule has 124 valence electrons. The van der Waals surface area contributed by atoms with Crippen LogP contribution in [-0.2, 0) is 0 Å². The number of nitrogens with zero attached hydrogens (tertiary/aromatic N) is 1. The first kappa shape index (κ1) is 17.3. The summed E-state index contributed by atoms with van der Waals surface area (Å²) in [4.78, 5) is 2.80. The fourth-order valence-corrected chi connectivity index (χ4v) is 4.42. The molecular formula is C19H38N2. The minimum atomic E-state index is 0.571. The van der Waals surface area contributed by atoms with E-state index in [0.717, 1.165) is 11.8 Å². The van der Waals surface area contributed by atoms with Gasteiger partial charge in [0.05, 0.1) is 0 Å². The van der Waals surface area contributed by atoms with Gasteiger partial charge in [0.2, 0.25) is 0 Å². The van der Waals surface area contributed by atoms with Gasteiger partial charge in [-0.25, -0.2) is 0 Å². The Balaban J connectivity index is 1.88. The van der Waals surface area contributed by atoms with Crippen molar-refractivity contribution in [3.8, 4) is 0 Å². The fraction of sp³-hybridized carbons (Fsp3) is 1.00. The minimum Gasteiger partial charge on any atom is -0.314 e. The maximum Gasteiger partial charge on any atom is 0.00501 e. The van der Waals surface area contributed by atoms with E-state index in [1.165, 1.54) is 71.1 Å². The Labute approximate surface area is 133 Å². The summed E-state index contributed by atoms with van der Waals surface area (Å²) < 4.78 is 0. The molecule has 1 unspecified atom stereocenters. The Hall–Kier alpha value is -0.0800. The van der Waals surface area contributed by atoms with Crippen molar-refractivity contribution in [3.63, 3.8) is 0 Å². The zero-order chi connectivity index (χ0) is 15.3. The highest BCUT2D eigenvalue weighted by molar-refractivity contribution is 4.90. The monoisotopic (exact) mass is 294 g/mol. The quantitative estimate of drug-likeness (QED) is 0.785. The molecule has 0 radical (unpaired) electrons. The smallest absolute Gasteiger partial charge is 0.00501 e. The van der Waals surface area contributed by atoms with Crippen molar-refractivity contribution in [2.75, 3.05) is 26.2 Å². The van der Waals surface area contributed by atoms with Gasteiger partial charge in [0.25, 0.3) is 0 Å². The summed E-state index contributed by atoms with van der Waals surface area (Å²) in [6.07, 6.45) is 10.1. The van der Waals surface area contributed by atoms with E-state index in [1.807, 2.05) is 0 Å². The van der Waals surface area contributed by atoms with Crippen LogP contribution in [0.25, 0.3) is 0 Å². The topological polar surface area (TPSA) is 15.3 Å². The second kappa shape index (κ2) is 7.97. The Morgan fingerprint density at radius 1 is 1.00 bits per heavy atom. The van der Waals surface area contributed by atoms with E-state index >= 15 is 0 Å². The van der Waals surface area contributed by atoms with E-state index in [9.17, 15) is 0 Å². The second-order valence-electron chi connectivity index (χ2n) is 8.45. The van der Waals surface area contributed by atoms with Crippen LogP contribution in [0, 0.1) is 17.3 Å². The van der Waals surface area contributed by atoms with Crippen molar-refractivity contribution in [3.05, 3.63) is 0 Å². The summed E-state index contributed by atoms with van der Waals surface area (Å²) in [5.41, 5.74) is 0.571. The average Bonchev–Trinajstić information content (AvgIpc) is 2.75. The number of likely N-dealkylation sites (tertiary alicyclic amines) is 1. The normalized spacial score (nSPS) is 27.4. The summed E-state index contributed by atoms with van der Waals surface area (Å²) in [6, 6.07) is 0.622. The first-order valence-electron chi connectivity index (χ1n) is 9.46. The van der Waals surface area contributed by atoms with Crippen LogP contribution in [0.2, 0.25) is 0 Å². The third-order valence-corrected chi connectivity index (χ3v) is 5.92. The van der Waals surface area contributed by atoms with E-state index < -0.39 is 0 Å². The fourth-order valence-electron chi connectivity index (χ4n) is 4.42. The molecular weight excluding hydrogens is 256 g/mol. The van der Waals surface area contributed by atoms with Gasteiger partial charge in [-0.2, -0.15) is 0 Å². The maximum atomic E-state index is 3.73. The van der Waals surface area contributed by atoms with E-state index in [-0.39, 0.29) is 0 Å². The summed E-state index contributed by atoms with van der Waals surface area (Å²) in [5, 5.41) is 3.73. The Morgan fingerprint density at radius 2 is 1.71 bits per heavy atom. The Bertz CT molecular complexity index is 292. The molecule has 1 saturated heterocycles. The third kappa shape index (κ3) is 5.25. The summed E-state index contributed by atoms with van der Waals surface area (Å²) >= 11 is 0. The first-order chi connectivity index (χ1) is 10.0. The molecule has 2 rings (SSSR count). The number of rotatable bonds is 6. The molecule has 2 aliphatic rings. The van der Waals surface area contributed by atoms with Crippen LogP contribution in [0.4, 0.5) is 0 Å². The van der Waals surface area contributed by atoms with Gasteiger partial charge >= 0.3 is 0 Å². The van der Waals surface area contributed by atoms with Crippen molar-refractivity contribution in [2.24, 2.45) is 17.3 Å². The van der Waals surface area contributed by atoms with Crippen LogP contribution in [0.3, 0.4) is 0 Å². The van der Waals surface area contributed by atoms with Gasteiger partial charge in [-0.15, -0.1) is 0 Å². The van der Waals surface area contributed by atoms with Crippen molar-refractivity contribution >= 4 is 0 Å². The zero-order valence-corrected chi connectivity index (χ0v) is 15.0. The second-order valence-corrected chi connectivity index (χ2v) is 8.45.